The lowest BCUT2D eigenvalue weighted by molar-refractivity contribution is 0.182. The number of rotatable bonds is 7. The SMILES string of the molecule is C#Cc1c(F)ccc2cc(O)cc(-c3ncc4c(N5CC6CCC(C5)N6)nc(N5CC(N(CC)CC)C5)nc4c3CF)c12. The fourth-order valence-electron chi connectivity index (χ4n) is 7.17. The zero-order valence-electron chi connectivity index (χ0n) is 24.4. The summed E-state index contributed by atoms with van der Waals surface area (Å²) in [5, 5.41) is 15.9. The lowest BCUT2D eigenvalue weighted by Crippen LogP contribution is -2.60. The Morgan fingerprint density at radius 1 is 1.07 bits per heavy atom. The number of nitrogens with zero attached hydrogens (tertiary/aromatic N) is 6. The van der Waals surface area contributed by atoms with Gasteiger partial charge in [-0.05, 0) is 49.5 Å². The Balaban J connectivity index is 1.42. The highest BCUT2D eigenvalue weighted by Gasteiger charge is 2.36. The number of fused-ring (bicyclic) bond motifs is 4. The molecule has 3 saturated heterocycles. The van der Waals surface area contributed by atoms with E-state index in [0.29, 0.717) is 51.3 Å². The molecular weight excluding hydrogens is 548 g/mol. The van der Waals surface area contributed by atoms with E-state index in [1.807, 2.05) is 0 Å². The quantitative estimate of drug-likeness (QED) is 0.306. The van der Waals surface area contributed by atoms with E-state index < -0.39 is 12.5 Å². The van der Waals surface area contributed by atoms with Crippen molar-refractivity contribution in [3.63, 3.8) is 0 Å². The van der Waals surface area contributed by atoms with E-state index in [0.717, 1.165) is 57.9 Å². The van der Waals surface area contributed by atoms with Gasteiger partial charge in [0.15, 0.2) is 0 Å². The van der Waals surface area contributed by atoms with Gasteiger partial charge in [0.25, 0.3) is 0 Å². The van der Waals surface area contributed by atoms with Gasteiger partial charge in [0.2, 0.25) is 5.95 Å². The van der Waals surface area contributed by atoms with Gasteiger partial charge < -0.3 is 20.2 Å². The van der Waals surface area contributed by atoms with Crippen LogP contribution in [0.25, 0.3) is 32.9 Å². The van der Waals surface area contributed by atoms with Crippen molar-refractivity contribution in [2.75, 3.05) is 49.1 Å². The first-order valence-corrected chi connectivity index (χ1v) is 15.1. The van der Waals surface area contributed by atoms with Crippen molar-refractivity contribution in [2.45, 2.75) is 51.5 Å². The van der Waals surface area contributed by atoms with Crippen molar-refractivity contribution in [3.05, 3.63) is 47.4 Å². The number of phenols is 1. The molecule has 222 valence electrons. The first-order valence-electron chi connectivity index (χ1n) is 15.1. The van der Waals surface area contributed by atoms with Crippen LogP contribution in [0.15, 0.2) is 30.5 Å². The molecule has 5 heterocycles. The minimum absolute atomic E-state index is 0.0441. The summed E-state index contributed by atoms with van der Waals surface area (Å²) in [5.41, 5.74) is 1.42. The fraction of sp³-hybridized carbons (Fsp3) is 0.424. The Bertz CT molecular complexity index is 1750. The lowest BCUT2D eigenvalue weighted by Gasteiger charge is -2.45. The summed E-state index contributed by atoms with van der Waals surface area (Å²) >= 11 is 0. The predicted octanol–water partition coefficient (Wildman–Crippen LogP) is 4.61. The number of pyridine rings is 1. The largest absolute Gasteiger partial charge is 0.508 e. The summed E-state index contributed by atoms with van der Waals surface area (Å²) in [7, 11) is 0. The molecule has 0 amide bonds. The maximum atomic E-state index is 15.2. The number of aromatic hydroxyl groups is 1. The maximum Gasteiger partial charge on any atom is 0.228 e. The normalized spacial score (nSPS) is 20.3. The number of aromatic nitrogens is 3. The summed E-state index contributed by atoms with van der Waals surface area (Å²) in [5.74, 6) is 3.16. The van der Waals surface area contributed by atoms with Gasteiger partial charge in [-0.1, -0.05) is 25.8 Å². The molecule has 7 rings (SSSR count). The molecule has 3 aliphatic heterocycles. The first-order chi connectivity index (χ1) is 20.9. The zero-order valence-corrected chi connectivity index (χ0v) is 24.4. The minimum atomic E-state index is -0.859. The third-order valence-corrected chi connectivity index (χ3v) is 9.38. The van der Waals surface area contributed by atoms with Gasteiger partial charge in [0.05, 0.1) is 22.2 Å². The van der Waals surface area contributed by atoms with Crippen molar-refractivity contribution in [2.24, 2.45) is 0 Å². The van der Waals surface area contributed by atoms with Crippen LogP contribution in [0, 0.1) is 18.2 Å². The van der Waals surface area contributed by atoms with Crippen LogP contribution >= 0.6 is 0 Å². The van der Waals surface area contributed by atoms with E-state index in [1.54, 1.807) is 12.3 Å². The van der Waals surface area contributed by atoms with Crippen molar-refractivity contribution in [1.82, 2.24) is 25.2 Å². The molecule has 10 heteroatoms. The molecule has 2 unspecified atom stereocenters. The molecule has 2 bridgehead atoms. The van der Waals surface area contributed by atoms with Crippen LogP contribution in [0.4, 0.5) is 20.5 Å². The molecule has 0 radical (unpaired) electrons. The van der Waals surface area contributed by atoms with E-state index in [4.69, 9.17) is 21.4 Å². The topological polar surface area (TPSA) is 80.7 Å². The number of alkyl halides is 1. The van der Waals surface area contributed by atoms with E-state index >= 15 is 4.39 Å². The fourth-order valence-corrected chi connectivity index (χ4v) is 7.17. The minimum Gasteiger partial charge on any atom is -0.508 e. The Kier molecular flexibility index (Phi) is 7.02. The number of likely N-dealkylation sites (N-methyl/N-ethyl adjacent to an activating group) is 1. The van der Waals surface area contributed by atoms with Gasteiger partial charge in [-0.3, -0.25) is 9.88 Å². The molecule has 0 aliphatic carbocycles. The Morgan fingerprint density at radius 3 is 2.49 bits per heavy atom. The Hall–Kier alpha value is -4.07. The number of hydrogen-bond acceptors (Lipinski definition) is 8. The van der Waals surface area contributed by atoms with Crippen molar-refractivity contribution >= 4 is 33.4 Å². The summed E-state index contributed by atoms with van der Waals surface area (Å²) in [6.45, 7) is 8.62. The number of anilines is 2. The van der Waals surface area contributed by atoms with Crippen molar-refractivity contribution in [3.8, 4) is 29.4 Å². The molecule has 0 saturated carbocycles. The number of halogens is 2. The van der Waals surface area contributed by atoms with E-state index in [9.17, 15) is 9.50 Å². The molecule has 43 heavy (non-hydrogen) atoms. The molecule has 4 aromatic rings. The average molecular weight is 584 g/mol. The Labute approximate surface area is 249 Å². The third-order valence-electron chi connectivity index (χ3n) is 9.38. The third kappa shape index (κ3) is 4.62. The number of phenolic OH excluding ortho intramolecular Hbond substituents is 1. The smallest absolute Gasteiger partial charge is 0.228 e. The van der Waals surface area contributed by atoms with Gasteiger partial charge in [0, 0.05) is 67.0 Å². The van der Waals surface area contributed by atoms with E-state index in [1.165, 1.54) is 18.2 Å². The molecule has 3 fully saturated rings. The molecule has 2 aromatic carbocycles. The Morgan fingerprint density at radius 2 is 1.81 bits per heavy atom. The van der Waals surface area contributed by atoms with Crippen LogP contribution in [-0.2, 0) is 6.67 Å². The number of terminal acetylenes is 1. The molecule has 2 atom stereocenters. The van der Waals surface area contributed by atoms with E-state index in [-0.39, 0.29) is 22.6 Å². The van der Waals surface area contributed by atoms with Gasteiger partial charge in [-0.2, -0.15) is 4.98 Å². The molecule has 0 spiro atoms. The number of nitrogens with one attached hydrogen (secondary N) is 1. The standard InChI is InChI=1S/C33H35F2N7O/c1-4-24-28(35)10-7-19-11-23(43)12-25(29(19)24)30-26(13-34)31-27(14-36-30)32(41-15-20-8-9-21(16-41)37-20)39-33(38-31)42-17-22(18-42)40(5-2)6-3/h1,7,10-12,14,20-22,37,43H,5-6,8-9,13,15-18H2,2-3H3. The monoisotopic (exact) mass is 583 g/mol. The average Bonchev–Trinajstić information content (AvgIpc) is 3.34. The number of piperazine rings is 1. The molecular formula is C33H35F2N7O. The van der Waals surface area contributed by atoms with Gasteiger partial charge >= 0.3 is 0 Å². The summed E-state index contributed by atoms with van der Waals surface area (Å²) < 4.78 is 30.1. The molecule has 2 N–H and O–H groups in total. The molecule has 3 aliphatic rings. The second-order valence-electron chi connectivity index (χ2n) is 11.8. The summed E-state index contributed by atoms with van der Waals surface area (Å²) in [6, 6.07) is 6.99. The van der Waals surface area contributed by atoms with Crippen LogP contribution in [0.2, 0.25) is 0 Å². The van der Waals surface area contributed by atoms with Gasteiger partial charge in [0.1, 0.15) is 24.1 Å². The second kappa shape index (κ2) is 10.9. The van der Waals surface area contributed by atoms with Crippen molar-refractivity contribution < 1.29 is 13.9 Å². The predicted molar refractivity (Wildman–Crippen MR) is 166 cm³/mol. The van der Waals surface area contributed by atoms with Crippen LogP contribution in [0.5, 0.6) is 5.75 Å². The maximum absolute atomic E-state index is 15.2. The summed E-state index contributed by atoms with van der Waals surface area (Å²) in [6.07, 6.45) is 9.65. The lowest BCUT2D eigenvalue weighted by atomic mass is 9.94. The number of benzene rings is 2. The molecule has 2 aromatic heterocycles. The van der Waals surface area contributed by atoms with Crippen LogP contribution in [0.1, 0.15) is 37.8 Å². The van der Waals surface area contributed by atoms with E-state index in [2.05, 4.69) is 39.8 Å². The summed E-state index contributed by atoms with van der Waals surface area (Å²) in [4.78, 5) is 21.7. The molecule has 8 nitrogen and oxygen atoms in total. The van der Waals surface area contributed by atoms with Crippen LogP contribution < -0.4 is 15.1 Å². The highest BCUT2D eigenvalue weighted by molar-refractivity contribution is 6.04. The highest BCUT2D eigenvalue weighted by atomic mass is 19.1. The first kappa shape index (κ1) is 27.7. The highest BCUT2D eigenvalue weighted by Crippen LogP contribution is 2.40. The second-order valence-corrected chi connectivity index (χ2v) is 11.8. The number of hydrogen-bond donors (Lipinski definition) is 2. The van der Waals surface area contributed by atoms with Crippen molar-refractivity contribution in [1.29, 1.82) is 0 Å². The van der Waals surface area contributed by atoms with Gasteiger partial charge in [-0.15, -0.1) is 6.42 Å². The van der Waals surface area contributed by atoms with Gasteiger partial charge in [-0.25, -0.2) is 13.8 Å². The van der Waals surface area contributed by atoms with Crippen LogP contribution in [0.3, 0.4) is 0 Å². The van der Waals surface area contributed by atoms with Crippen LogP contribution in [-0.4, -0.2) is 82.4 Å². The zero-order chi connectivity index (χ0) is 29.8.